The molecule has 5 nitrogen and oxygen atoms in total. The molecule has 0 aromatic heterocycles. The fourth-order valence-electron chi connectivity index (χ4n) is 1.84. The van der Waals surface area contributed by atoms with Crippen molar-refractivity contribution >= 4 is 23.5 Å². The van der Waals surface area contributed by atoms with Gasteiger partial charge in [-0.15, -0.1) is 0 Å². The molecule has 0 radical (unpaired) electrons. The van der Waals surface area contributed by atoms with E-state index in [-0.39, 0.29) is 24.4 Å². The lowest BCUT2D eigenvalue weighted by atomic mass is 9.86. The minimum Gasteiger partial charge on any atom is -0.492 e. The van der Waals surface area contributed by atoms with Crippen molar-refractivity contribution in [1.29, 1.82) is 0 Å². The monoisotopic (exact) mass is 311 g/mol. The molecule has 1 amide bonds. The fourth-order valence-corrected chi connectivity index (χ4v) is 1.97. The number of carbonyl (C=O) groups excluding carboxylic acids is 2. The summed E-state index contributed by atoms with van der Waals surface area (Å²) in [6, 6.07) is 6.97. The molecule has 1 saturated carbocycles. The molecule has 1 aliphatic rings. The highest BCUT2D eigenvalue weighted by Crippen LogP contribution is 2.27. The van der Waals surface area contributed by atoms with Crippen molar-refractivity contribution in [2.45, 2.75) is 19.3 Å². The SMILES string of the molecule is O=C(COC(=O)C1CCC1)NCCOc1ccc(Cl)cc1. The summed E-state index contributed by atoms with van der Waals surface area (Å²) in [5, 5.41) is 3.27. The van der Waals surface area contributed by atoms with Gasteiger partial charge in [-0.05, 0) is 37.1 Å². The minimum absolute atomic E-state index is 0.00830. The van der Waals surface area contributed by atoms with Gasteiger partial charge in [-0.2, -0.15) is 0 Å². The van der Waals surface area contributed by atoms with Crippen molar-refractivity contribution in [3.8, 4) is 5.75 Å². The molecule has 0 atom stereocenters. The second-order valence-electron chi connectivity index (χ2n) is 4.89. The number of hydrogen-bond acceptors (Lipinski definition) is 4. The summed E-state index contributed by atoms with van der Waals surface area (Å²) >= 11 is 5.76. The fraction of sp³-hybridized carbons (Fsp3) is 0.467. The van der Waals surface area contributed by atoms with Crippen LogP contribution in [0.25, 0.3) is 0 Å². The van der Waals surface area contributed by atoms with Gasteiger partial charge in [0.25, 0.3) is 5.91 Å². The smallest absolute Gasteiger partial charge is 0.309 e. The highest BCUT2D eigenvalue weighted by atomic mass is 35.5. The van der Waals surface area contributed by atoms with Gasteiger partial charge in [0.2, 0.25) is 0 Å². The predicted molar refractivity (Wildman–Crippen MR) is 78.3 cm³/mol. The molecule has 0 heterocycles. The van der Waals surface area contributed by atoms with E-state index in [0.717, 1.165) is 19.3 Å². The molecule has 1 aromatic rings. The zero-order valence-corrected chi connectivity index (χ0v) is 12.4. The quantitative estimate of drug-likeness (QED) is 0.619. The van der Waals surface area contributed by atoms with Crippen LogP contribution in [0.3, 0.4) is 0 Å². The molecule has 114 valence electrons. The maximum absolute atomic E-state index is 11.5. The molecular formula is C15H18ClNO4. The van der Waals surface area contributed by atoms with Crippen molar-refractivity contribution in [3.05, 3.63) is 29.3 Å². The molecular weight excluding hydrogens is 294 g/mol. The minimum atomic E-state index is -0.317. The predicted octanol–water partition coefficient (Wildman–Crippen LogP) is 2.18. The van der Waals surface area contributed by atoms with Crippen molar-refractivity contribution in [2.75, 3.05) is 19.8 Å². The standard InChI is InChI=1S/C15H18ClNO4/c16-12-4-6-13(7-5-12)20-9-8-17-14(18)10-21-15(19)11-2-1-3-11/h4-7,11H,1-3,8-10H2,(H,17,18). The van der Waals surface area contributed by atoms with E-state index in [0.29, 0.717) is 23.9 Å². The van der Waals surface area contributed by atoms with Gasteiger partial charge >= 0.3 is 5.97 Å². The Morgan fingerprint density at radius 3 is 2.57 bits per heavy atom. The third-order valence-corrected chi connectivity index (χ3v) is 3.54. The Hall–Kier alpha value is -1.75. The molecule has 2 rings (SSSR count). The zero-order chi connectivity index (χ0) is 15.1. The normalized spacial score (nSPS) is 14.1. The summed E-state index contributed by atoms with van der Waals surface area (Å²) in [5.41, 5.74) is 0. The first-order valence-electron chi connectivity index (χ1n) is 6.97. The maximum atomic E-state index is 11.5. The van der Waals surface area contributed by atoms with Gasteiger partial charge in [-0.3, -0.25) is 9.59 Å². The van der Waals surface area contributed by atoms with Crippen LogP contribution >= 0.6 is 11.6 Å². The topological polar surface area (TPSA) is 64.6 Å². The van der Waals surface area contributed by atoms with E-state index in [1.54, 1.807) is 24.3 Å². The van der Waals surface area contributed by atoms with E-state index in [2.05, 4.69) is 5.32 Å². The van der Waals surface area contributed by atoms with Crippen LogP contribution in [-0.2, 0) is 14.3 Å². The molecule has 0 saturated heterocycles. The Balaban J connectivity index is 1.54. The van der Waals surface area contributed by atoms with Crippen LogP contribution in [0.5, 0.6) is 5.75 Å². The molecule has 1 aromatic carbocycles. The Morgan fingerprint density at radius 1 is 1.24 bits per heavy atom. The third-order valence-electron chi connectivity index (χ3n) is 3.29. The number of rotatable bonds is 7. The van der Waals surface area contributed by atoms with Gasteiger partial charge in [0.1, 0.15) is 12.4 Å². The van der Waals surface area contributed by atoms with E-state index in [1.165, 1.54) is 0 Å². The lowest BCUT2D eigenvalue weighted by Gasteiger charge is -2.22. The number of hydrogen-bond donors (Lipinski definition) is 1. The van der Waals surface area contributed by atoms with Gasteiger partial charge in [-0.25, -0.2) is 0 Å². The lowest BCUT2D eigenvalue weighted by Crippen LogP contribution is -2.34. The van der Waals surface area contributed by atoms with Crippen molar-refractivity contribution in [3.63, 3.8) is 0 Å². The van der Waals surface area contributed by atoms with Crippen LogP contribution in [0.2, 0.25) is 5.02 Å². The summed E-state index contributed by atoms with van der Waals surface area (Å²) in [7, 11) is 0. The largest absolute Gasteiger partial charge is 0.492 e. The first kappa shape index (κ1) is 15.6. The van der Waals surface area contributed by atoms with Gasteiger partial charge in [0.05, 0.1) is 12.5 Å². The summed E-state index contributed by atoms with van der Waals surface area (Å²) in [4.78, 5) is 22.9. The maximum Gasteiger partial charge on any atom is 0.309 e. The number of nitrogens with one attached hydrogen (secondary N) is 1. The van der Waals surface area contributed by atoms with Crippen LogP contribution in [0.1, 0.15) is 19.3 Å². The highest BCUT2D eigenvalue weighted by molar-refractivity contribution is 6.30. The average molecular weight is 312 g/mol. The van der Waals surface area contributed by atoms with E-state index < -0.39 is 0 Å². The van der Waals surface area contributed by atoms with Crippen LogP contribution < -0.4 is 10.1 Å². The number of halogens is 1. The second-order valence-corrected chi connectivity index (χ2v) is 5.32. The van der Waals surface area contributed by atoms with Crippen LogP contribution in [0, 0.1) is 5.92 Å². The highest BCUT2D eigenvalue weighted by Gasteiger charge is 2.26. The molecule has 21 heavy (non-hydrogen) atoms. The Kier molecular flexibility index (Phi) is 5.87. The first-order valence-corrected chi connectivity index (χ1v) is 7.34. The molecule has 0 aliphatic heterocycles. The third kappa shape index (κ3) is 5.27. The van der Waals surface area contributed by atoms with E-state index in [1.807, 2.05) is 0 Å². The van der Waals surface area contributed by atoms with Gasteiger partial charge in [-0.1, -0.05) is 18.0 Å². The van der Waals surface area contributed by atoms with Crippen molar-refractivity contribution < 1.29 is 19.1 Å². The number of amides is 1. The molecule has 1 aliphatic carbocycles. The summed E-state index contributed by atoms with van der Waals surface area (Å²) in [5.74, 6) is 0.0901. The number of benzene rings is 1. The first-order chi connectivity index (χ1) is 10.1. The molecule has 1 N–H and O–H groups in total. The number of esters is 1. The summed E-state index contributed by atoms with van der Waals surface area (Å²) in [6.45, 7) is 0.461. The van der Waals surface area contributed by atoms with Crippen molar-refractivity contribution in [1.82, 2.24) is 5.32 Å². The Morgan fingerprint density at radius 2 is 1.95 bits per heavy atom. The molecule has 1 fully saturated rings. The Labute approximate surface area is 128 Å². The van der Waals surface area contributed by atoms with Crippen LogP contribution in [0.4, 0.5) is 0 Å². The van der Waals surface area contributed by atoms with E-state index in [9.17, 15) is 9.59 Å². The molecule has 0 bridgehead atoms. The lowest BCUT2D eigenvalue weighted by molar-refractivity contribution is -0.155. The molecule has 0 unspecified atom stereocenters. The molecule has 0 spiro atoms. The van der Waals surface area contributed by atoms with Gasteiger partial charge in [0, 0.05) is 5.02 Å². The summed E-state index contributed by atoms with van der Waals surface area (Å²) < 4.78 is 10.4. The average Bonchev–Trinajstić information content (AvgIpc) is 2.41. The van der Waals surface area contributed by atoms with Gasteiger partial charge in [0.15, 0.2) is 6.61 Å². The Bertz CT molecular complexity index is 485. The van der Waals surface area contributed by atoms with Crippen LogP contribution in [0.15, 0.2) is 24.3 Å². The second kappa shape index (κ2) is 7.88. The summed E-state index contributed by atoms with van der Waals surface area (Å²) in [6.07, 6.45) is 2.80. The van der Waals surface area contributed by atoms with Crippen LogP contribution in [-0.4, -0.2) is 31.6 Å². The van der Waals surface area contributed by atoms with Crippen molar-refractivity contribution in [2.24, 2.45) is 5.92 Å². The molecule has 6 heteroatoms. The number of carbonyl (C=O) groups is 2. The van der Waals surface area contributed by atoms with Gasteiger partial charge < -0.3 is 14.8 Å². The number of ether oxygens (including phenoxy) is 2. The zero-order valence-electron chi connectivity index (χ0n) is 11.6. The van der Waals surface area contributed by atoms with E-state index in [4.69, 9.17) is 21.1 Å². The van der Waals surface area contributed by atoms with E-state index >= 15 is 0 Å².